The smallest absolute Gasteiger partial charge is 0.294 e. The fraction of sp³-hybridized carbons (Fsp3) is 0.136. The van der Waals surface area contributed by atoms with Crippen LogP contribution in [0.25, 0.3) is 16.5 Å². The van der Waals surface area contributed by atoms with Crippen LogP contribution in [0.3, 0.4) is 0 Å². The van der Waals surface area contributed by atoms with Crippen molar-refractivity contribution in [3.8, 4) is 17.2 Å². The van der Waals surface area contributed by atoms with Crippen LogP contribution < -0.4 is 19.8 Å². The van der Waals surface area contributed by atoms with E-state index in [0.717, 1.165) is 27.6 Å². The number of hydrazone groups is 1. The summed E-state index contributed by atoms with van der Waals surface area (Å²) in [5.41, 5.74) is 4.47. The highest BCUT2D eigenvalue weighted by molar-refractivity contribution is 7.99. The van der Waals surface area contributed by atoms with Gasteiger partial charge in [0, 0.05) is 26.8 Å². The van der Waals surface area contributed by atoms with Gasteiger partial charge < -0.3 is 14.8 Å². The number of benzene rings is 6. The van der Waals surface area contributed by atoms with Crippen molar-refractivity contribution in [1.82, 2.24) is 20.2 Å². The maximum absolute atomic E-state index is 14.6. The highest BCUT2D eigenvalue weighted by Crippen LogP contribution is 2.41. The van der Waals surface area contributed by atoms with Gasteiger partial charge in [-0.2, -0.15) is 14.8 Å². The van der Waals surface area contributed by atoms with E-state index in [2.05, 4.69) is 20.8 Å². The first-order chi connectivity index (χ1) is 27.7. The maximum atomic E-state index is 14.6. The molecule has 0 aliphatic carbocycles. The van der Waals surface area contributed by atoms with Gasteiger partial charge in [0.25, 0.3) is 11.8 Å². The molecule has 8 rings (SSSR count). The van der Waals surface area contributed by atoms with Gasteiger partial charge in [-0.05, 0) is 85.1 Å². The fourth-order valence-electron chi connectivity index (χ4n) is 6.51. The molecule has 0 saturated heterocycles. The standard InChI is InChI=1S/C44H36ClN7O4S/c1-27-20-25-39(35(26-27)29(3)57-44-47-49-50-51(44)33-14-5-4-6-15-33)56-41-40(31-21-23-32(45)24-22-31)48-52(43(41)54)37-18-10-9-17-36(37)46-42(53)28(2)55-38-19-11-13-30-12-7-8-16-34(30)38/h4-26,28-29,41H,1-3H3,(H,46,53). The third kappa shape index (κ3) is 7.95. The SMILES string of the molecule is Cc1ccc(OC2C(=O)N(c3ccccc3NC(=O)C(C)Oc3cccc4ccccc34)N=C2c2ccc(Cl)cc2)c(C(C)Sc2nnnn2-c2ccccc2)c1. The summed E-state index contributed by atoms with van der Waals surface area (Å²) in [5.74, 6) is 0.253. The summed E-state index contributed by atoms with van der Waals surface area (Å²) in [5, 5.41) is 24.4. The van der Waals surface area contributed by atoms with Crippen molar-refractivity contribution in [3.63, 3.8) is 0 Å². The number of thioether (sulfide) groups is 1. The fourth-order valence-corrected chi connectivity index (χ4v) is 7.59. The van der Waals surface area contributed by atoms with Crippen molar-refractivity contribution in [2.45, 2.75) is 43.4 Å². The molecule has 3 unspecified atom stereocenters. The zero-order chi connectivity index (χ0) is 39.5. The van der Waals surface area contributed by atoms with Crippen molar-refractivity contribution >= 4 is 63.0 Å². The van der Waals surface area contributed by atoms with Crippen LogP contribution in [0.2, 0.25) is 5.02 Å². The number of aromatic nitrogens is 4. The van der Waals surface area contributed by atoms with E-state index >= 15 is 0 Å². The van der Waals surface area contributed by atoms with E-state index in [1.165, 1.54) is 16.8 Å². The lowest BCUT2D eigenvalue weighted by Crippen LogP contribution is -2.37. The molecule has 284 valence electrons. The quantitative estimate of drug-likeness (QED) is 0.122. The molecule has 0 fully saturated rings. The Morgan fingerprint density at radius 2 is 1.58 bits per heavy atom. The number of tetrazole rings is 1. The Kier molecular flexibility index (Phi) is 10.7. The lowest BCUT2D eigenvalue weighted by molar-refractivity contribution is -0.122. The first-order valence-corrected chi connectivity index (χ1v) is 19.5. The van der Waals surface area contributed by atoms with E-state index < -0.39 is 24.0 Å². The second-order valence-corrected chi connectivity index (χ2v) is 15.1. The average molecular weight is 794 g/mol. The van der Waals surface area contributed by atoms with E-state index in [0.29, 0.717) is 44.3 Å². The third-order valence-corrected chi connectivity index (χ3v) is 10.7. The van der Waals surface area contributed by atoms with E-state index in [4.69, 9.17) is 26.2 Å². The van der Waals surface area contributed by atoms with E-state index in [9.17, 15) is 9.59 Å². The lowest BCUT2D eigenvalue weighted by atomic mass is 10.0. The number of carbonyl (C=O) groups excluding carboxylic acids is 2. The van der Waals surface area contributed by atoms with Crippen LogP contribution in [0.15, 0.2) is 150 Å². The summed E-state index contributed by atoms with van der Waals surface area (Å²) in [7, 11) is 0. The second kappa shape index (κ2) is 16.3. The summed E-state index contributed by atoms with van der Waals surface area (Å²) in [6.45, 7) is 5.72. The number of nitrogens with zero attached hydrogens (tertiary/aromatic N) is 6. The lowest BCUT2D eigenvalue weighted by Gasteiger charge is -2.22. The van der Waals surface area contributed by atoms with Gasteiger partial charge in [0.2, 0.25) is 11.3 Å². The molecule has 0 radical (unpaired) electrons. The molecule has 0 spiro atoms. The zero-order valence-corrected chi connectivity index (χ0v) is 32.7. The third-order valence-electron chi connectivity index (χ3n) is 9.41. The minimum absolute atomic E-state index is 0.189. The van der Waals surface area contributed by atoms with Gasteiger partial charge in [-0.3, -0.25) is 9.59 Å². The molecule has 0 bridgehead atoms. The van der Waals surface area contributed by atoms with Gasteiger partial charge >= 0.3 is 0 Å². The number of anilines is 2. The number of fused-ring (bicyclic) bond motifs is 1. The number of hydrogen-bond acceptors (Lipinski definition) is 9. The molecule has 2 amide bonds. The number of ether oxygens (including phenoxy) is 2. The molecule has 13 heteroatoms. The van der Waals surface area contributed by atoms with E-state index in [-0.39, 0.29) is 5.25 Å². The van der Waals surface area contributed by atoms with Gasteiger partial charge in [0.05, 0.1) is 17.1 Å². The Labute approximate surface area is 338 Å². The molecule has 1 aliphatic heterocycles. The van der Waals surface area contributed by atoms with E-state index in [1.54, 1.807) is 60.1 Å². The van der Waals surface area contributed by atoms with Crippen LogP contribution >= 0.6 is 23.4 Å². The monoisotopic (exact) mass is 793 g/mol. The summed E-state index contributed by atoms with van der Waals surface area (Å²) >= 11 is 7.74. The van der Waals surface area contributed by atoms with Crippen LogP contribution in [0.4, 0.5) is 11.4 Å². The summed E-state index contributed by atoms with van der Waals surface area (Å²) < 4.78 is 14.5. The van der Waals surface area contributed by atoms with E-state index in [1.807, 2.05) is 105 Å². The molecular formula is C44H36ClN7O4S. The summed E-state index contributed by atoms with van der Waals surface area (Å²) in [6, 6.07) is 43.1. The molecule has 1 aromatic heterocycles. The van der Waals surface area contributed by atoms with Crippen LogP contribution in [0, 0.1) is 6.92 Å². The Bertz CT molecular complexity index is 2610. The minimum Gasteiger partial charge on any atom is -0.480 e. The molecule has 7 aromatic rings. The molecule has 3 atom stereocenters. The molecule has 1 aliphatic rings. The van der Waals surface area contributed by atoms with Crippen LogP contribution in [-0.2, 0) is 9.59 Å². The van der Waals surface area contributed by atoms with Gasteiger partial charge in [-0.25, -0.2) is 0 Å². The Morgan fingerprint density at radius 1 is 0.842 bits per heavy atom. The second-order valence-electron chi connectivity index (χ2n) is 13.4. The Morgan fingerprint density at radius 3 is 2.40 bits per heavy atom. The average Bonchev–Trinajstić information content (AvgIpc) is 3.83. The number of halogens is 1. The summed E-state index contributed by atoms with van der Waals surface area (Å²) in [6.07, 6.45) is -2.00. The highest BCUT2D eigenvalue weighted by atomic mass is 35.5. The van der Waals surface area contributed by atoms with Gasteiger partial charge in [-0.1, -0.05) is 120 Å². The number of hydrogen-bond donors (Lipinski definition) is 1. The summed E-state index contributed by atoms with van der Waals surface area (Å²) in [4.78, 5) is 28.2. The first-order valence-electron chi connectivity index (χ1n) is 18.2. The van der Waals surface area contributed by atoms with Crippen molar-refractivity contribution in [2.75, 3.05) is 10.3 Å². The predicted molar refractivity (Wildman–Crippen MR) is 224 cm³/mol. The molecule has 6 aromatic carbocycles. The molecule has 2 heterocycles. The normalized spacial score (nSPS) is 14.9. The van der Waals surface area contributed by atoms with Crippen LogP contribution in [0.5, 0.6) is 11.5 Å². The van der Waals surface area contributed by atoms with Crippen molar-refractivity contribution in [2.24, 2.45) is 5.10 Å². The van der Waals surface area contributed by atoms with Crippen molar-refractivity contribution < 1.29 is 19.1 Å². The molecule has 1 N–H and O–H groups in total. The molecular weight excluding hydrogens is 758 g/mol. The van der Waals surface area contributed by atoms with Crippen LogP contribution in [-0.4, -0.2) is 49.9 Å². The first kappa shape index (κ1) is 37.4. The Hall–Kier alpha value is -6.50. The van der Waals surface area contributed by atoms with Crippen molar-refractivity contribution in [1.29, 1.82) is 0 Å². The predicted octanol–water partition coefficient (Wildman–Crippen LogP) is 9.24. The number of rotatable bonds is 12. The van der Waals surface area contributed by atoms with Gasteiger partial charge in [-0.15, -0.1) is 5.10 Å². The number of nitrogens with one attached hydrogen (secondary N) is 1. The molecule has 57 heavy (non-hydrogen) atoms. The number of aryl methyl sites for hydroxylation is 1. The van der Waals surface area contributed by atoms with Crippen molar-refractivity contribution in [3.05, 3.63) is 161 Å². The number of para-hydroxylation sites is 3. The minimum atomic E-state index is -1.14. The number of amides is 2. The molecule has 0 saturated carbocycles. The number of carbonyl (C=O) groups is 2. The molecule has 11 nitrogen and oxygen atoms in total. The maximum Gasteiger partial charge on any atom is 0.294 e. The van der Waals surface area contributed by atoms with Gasteiger partial charge in [0.15, 0.2) is 6.10 Å². The highest BCUT2D eigenvalue weighted by Gasteiger charge is 2.41. The van der Waals surface area contributed by atoms with Crippen LogP contribution in [0.1, 0.15) is 35.8 Å². The zero-order valence-electron chi connectivity index (χ0n) is 31.1. The largest absolute Gasteiger partial charge is 0.480 e. The van der Waals surface area contributed by atoms with Gasteiger partial charge in [0.1, 0.15) is 17.2 Å². The topological polar surface area (TPSA) is 124 Å². The Balaban J connectivity index is 1.08.